The van der Waals surface area contributed by atoms with Gasteiger partial charge in [-0.3, -0.25) is 19.3 Å². The molecular weight excluding hydrogens is 419 g/mol. The third-order valence-electron chi connectivity index (χ3n) is 6.73. The van der Waals surface area contributed by atoms with Gasteiger partial charge in [-0.25, -0.2) is 14.4 Å². The van der Waals surface area contributed by atoms with Crippen LogP contribution in [0.15, 0.2) is 30.5 Å². The number of benzene rings is 1. The van der Waals surface area contributed by atoms with Gasteiger partial charge in [0.1, 0.15) is 17.5 Å². The zero-order chi connectivity index (χ0) is 23.1. The lowest BCUT2D eigenvalue weighted by Gasteiger charge is -2.31. The molecule has 2 aliphatic heterocycles. The van der Waals surface area contributed by atoms with E-state index in [2.05, 4.69) is 16.2 Å². The van der Waals surface area contributed by atoms with Crippen LogP contribution in [-0.2, 0) is 31.4 Å². The quantitative estimate of drug-likeness (QED) is 0.594. The summed E-state index contributed by atoms with van der Waals surface area (Å²) in [5, 5.41) is 4.47. The molecule has 0 N–H and O–H groups in total. The minimum Gasteiger partial charge on any atom is -0.292 e. The Morgan fingerprint density at radius 1 is 1.12 bits per heavy atom. The van der Waals surface area contributed by atoms with Crippen molar-refractivity contribution in [2.24, 2.45) is 7.05 Å². The predicted molar refractivity (Wildman–Crippen MR) is 123 cm³/mol. The number of nitrogens with zero attached hydrogens (tertiary/aromatic N) is 6. The van der Waals surface area contributed by atoms with Gasteiger partial charge in [0, 0.05) is 43.0 Å². The van der Waals surface area contributed by atoms with Crippen molar-refractivity contribution in [1.29, 1.82) is 0 Å². The average Bonchev–Trinajstić information content (AvgIpc) is 3.36. The molecule has 8 heteroatoms. The molecule has 0 radical (unpaired) electrons. The highest BCUT2D eigenvalue weighted by molar-refractivity contribution is 5.95. The number of aromatic nitrogens is 4. The molecule has 0 aliphatic carbocycles. The minimum atomic E-state index is -0.302. The second-order valence-electron chi connectivity index (χ2n) is 9.12. The number of amides is 1. The lowest BCUT2D eigenvalue weighted by molar-refractivity contribution is -0.119. The Balaban J connectivity index is 1.47. The minimum absolute atomic E-state index is 0.0186. The maximum Gasteiger partial charge on any atom is 0.228 e. The molecular formula is C25H29FN6O. The number of fused-ring (bicyclic) bond motifs is 1. The standard InChI is InChI=1S/C25H29FN6O/c1-16-19(14-30(3)29-16)15-31-11-5-8-22(31)24-27-17(2)21-9-10-23(33)32(25(21)28-24)13-18-6-4-7-20(26)12-18/h4,6-7,12,14,22H,5,8-11,13,15H2,1-3H3/t22-/m1/s1. The van der Waals surface area contributed by atoms with E-state index in [9.17, 15) is 9.18 Å². The predicted octanol–water partition coefficient (Wildman–Crippen LogP) is 3.78. The second kappa shape index (κ2) is 8.67. The van der Waals surface area contributed by atoms with Gasteiger partial charge in [0.15, 0.2) is 0 Å². The summed E-state index contributed by atoms with van der Waals surface area (Å²) < 4.78 is 15.6. The third-order valence-corrected chi connectivity index (χ3v) is 6.73. The average molecular weight is 449 g/mol. The van der Waals surface area contributed by atoms with Gasteiger partial charge in [0.25, 0.3) is 0 Å². The van der Waals surface area contributed by atoms with Crippen molar-refractivity contribution in [1.82, 2.24) is 24.6 Å². The first-order valence-corrected chi connectivity index (χ1v) is 11.5. The largest absolute Gasteiger partial charge is 0.292 e. The summed E-state index contributed by atoms with van der Waals surface area (Å²) in [6.45, 7) is 6.13. The number of hydrogen-bond acceptors (Lipinski definition) is 5. The lowest BCUT2D eigenvalue weighted by Crippen LogP contribution is -2.37. The topological polar surface area (TPSA) is 67.2 Å². The number of likely N-dealkylation sites (tertiary alicyclic amines) is 1. The first kappa shape index (κ1) is 21.7. The zero-order valence-corrected chi connectivity index (χ0v) is 19.4. The Labute approximate surface area is 193 Å². The summed E-state index contributed by atoms with van der Waals surface area (Å²) in [5.74, 6) is 1.17. The fourth-order valence-electron chi connectivity index (χ4n) is 5.06. The molecule has 0 saturated carbocycles. The van der Waals surface area contributed by atoms with E-state index >= 15 is 0 Å². The molecule has 3 aromatic rings. The zero-order valence-electron chi connectivity index (χ0n) is 19.4. The summed E-state index contributed by atoms with van der Waals surface area (Å²) in [5.41, 5.74) is 4.95. The van der Waals surface area contributed by atoms with Crippen LogP contribution in [0.4, 0.5) is 10.2 Å². The molecule has 33 heavy (non-hydrogen) atoms. The van der Waals surface area contributed by atoms with E-state index in [0.29, 0.717) is 25.2 Å². The van der Waals surface area contributed by atoms with Crippen molar-refractivity contribution in [3.05, 3.63) is 70.2 Å². The highest BCUT2D eigenvalue weighted by Gasteiger charge is 2.33. The Morgan fingerprint density at radius 2 is 1.97 bits per heavy atom. The monoisotopic (exact) mass is 448 g/mol. The normalized spacial score (nSPS) is 18.7. The van der Waals surface area contributed by atoms with Crippen molar-refractivity contribution in [3.63, 3.8) is 0 Å². The van der Waals surface area contributed by atoms with Crippen LogP contribution in [0.3, 0.4) is 0 Å². The van der Waals surface area contributed by atoms with Crippen LogP contribution in [-0.4, -0.2) is 37.1 Å². The number of carbonyl (C=O) groups excluding carboxylic acids is 1. The molecule has 1 fully saturated rings. The highest BCUT2D eigenvalue weighted by Crippen LogP contribution is 2.36. The smallest absolute Gasteiger partial charge is 0.228 e. The Bertz CT molecular complexity index is 1210. The Kier molecular flexibility index (Phi) is 5.70. The highest BCUT2D eigenvalue weighted by atomic mass is 19.1. The molecule has 4 heterocycles. The fraction of sp³-hybridized carbons (Fsp3) is 0.440. The van der Waals surface area contributed by atoms with E-state index in [4.69, 9.17) is 9.97 Å². The molecule has 2 aliphatic rings. The van der Waals surface area contributed by atoms with E-state index in [1.165, 1.54) is 17.7 Å². The fourth-order valence-corrected chi connectivity index (χ4v) is 5.06. The van der Waals surface area contributed by atoms with Crippen LogP contribution in [0.2, 0.25) is 0 Å². The summed E-state index contributed by atoms with van der Waals surface area (Å²) >= 11 is 0. The molecule has 1 amide bonds. The van der Waals surface area contributed by atoms with E-state index in [0.717, 1.165) is 54.3 Å². The number of carbonyl (C=O) groups is 1. The van der Waals surface area contributed by atoms with E-state index in [1.807, 2.05) is 31.6 Å². The number of rotatable bonds is 5. The van der Waals surface area contributed by atoms with Crippen molar-refractivity contribution < 1.29 is 9.18 Å². The van der Waals surface area contributed by atoms with E-state index in [1.54, 1.807) is 11.0 Å². The second-order valence-corrected chi connectivity index (χ2v) is 9.12. The van der Waals surface area contributed by atoms with Gasteiger partial charge in [0.05, 0.1) is 18.3 Å². The summed E-state index contributed by atoms with van der Waals surface area (Å²) in [6.07, 6.45) is 5.19. The molecule has 0 spiro atoms. The Morgan fingerprint density at radius 3 is 2.73 bits per heavy atom. The Hall–Kier alpha value is -3.13. The first-order chi connectivity index (χ1) is 15.9. The van der Waals surface area contributed by atoms with Gasteiger partial charge in [-0.2, -0.15) is 5.10 Å². The van der Waals surface area contributed by atoms with Crippen LogP contribution in [0.5, 0.6) is 0 Å². The molecule has 0 unspecified atom stereocenters. The van der Waals surface area contributed by atoms with E-state index < -0.39 is 0 Å². The van der Waals surface area contributed by atoms with Gasteiger partial charge in [-0.15, -0.1) is 0 Å². The SMILES string of the molecule is Cc1nn(C)cc1CN1CCC[C@@H]1c1nc(C)c2c(n1)N(Cc1cccc(F)c1)C(=O)CC2. The summed E-state index contributed by atoms with van der Waals surface area (Å²) in [7, 11) is 1.94. The molecule has 7 nitrogen and oxygen atoms in total. The van der Waals surface area contributed by atoms with Crippen molar-refractivity contribution >= 4 is 11.7 Å². The summed E-state index contributed by atoms with van der Waals surface area (Å²) in [4.78, 5) is 26.9. The van der Waals surface area contributed by atoms with Gasteiger partial charge < -0.3 is 0 Å². The van der Waals surface area contributed by atoms with Gasteiger partial charge in [0.2, 0.25) is 5.91 Å². The summed E-state index contributed by atoms with van der Waals surface area (Å²) in [6, 6.07) is 6.51. The first-order valence-electron chi connectivity index (χ1n) is 11.5. The van der Waals surface area contributed by atoms with Crippen LogP contribution in [0, 0.1) is 19.7 Å². The third kappa shape index (κ3) is 4.27. The van der Waals surface area contributed by atoms with Gasteiger partial charge >= 0.3 is 0 Å². The number of halogens is 1. The molecule has 1 atom stereocenters. The number of hydrogen-bond donors (Lipinski definition) is 0. The van der Waals surface area contributed by atoms with Crippen molar-refractivity contribution in [2.45, 2.75) is 58.7 Å². The number of anilines is 1. The van der Waals surface area contributed by atoms with Crippen LogP contribution in [0.25, 0.3) is 0 Å². The van der Waals surface area contributed by atoms with Crippen LogP contribution >= 0.6 is 0 Å². The lowest BCUT2D eigenvalue weighted by atomic mass is 10.0. The van der Waals surface area contributed by atoms with Gasteiger partial charge in [-0.05, 0) is 57.4 Å². The van der Waals surface area contributed by atoms with Crippen molar-refractivity contribution in [2.75, 3.05) is 11.4 Å². The van der Waals surface area contributed by atoms with E-state index in [-0.39, 0.29) is 17.8 Å². The van der Waals surface area contributed by atoms with Crippen LogP contribution < -0.4 is 4.90 Å². The molecule has 1 aromatic carbocycles. The molecule has 0 bridgehead atoms. The van der Waals surface area contributed by atoms with Gasteiger partial charge in [-0.1, -0.05) is 12.1 Å². The molecule has 5 rings (SSSR count). The molecule has 2 aromatic heterocycles. The molecule has 1 saturated heterocycles. The van der Waals surface area contributed by atoms with Crippen LogP contribution in [0.1, 0.15) is 59.2 Å². The molecule has 172 valence electrons. The maximum absolute atomic E-state index is 13.8. The maximum atomic E-state index is 13.8. The van der Waals surface area contributed by atoms with Crippen molar-refractivity contribution in [3.8, 4) is 0 Å². The number of aryl methyl sites for hydroxylation is 3.